The van der Waals surface area contributed by atoms with Crippen molar-refractivity contribution in [1.29, 1.82) is 0 Å². The molecule has 272 valence electrons. The van der Waals surface area contributed by atoms with E-state index in [4.69, 9.17) is 37.9 Å². The van der Waals surface area contributed by atoms with Crippen molar-refractivity contribution in [1.82, 2.24) is 16.0 Å². The highest BCUT2D eigenvalue weighted by molar-refractivity contribution is 5.87. The van der Waals surface area contributed by atoms with Gasteiger partial charge in [-0.15, -0.1) is 0 Å². The van der Waals surface area contributed by atoms with Crippen molar-refractivity contribution in [3.8, 4) is 28.7 Å². The predicted molar refractivity (Wildman–Crippen MR) is 177 cm³/mol. The van der Waals surface area contributed by atoms with Crippen LogP contribution in [0.3, 0.4) is 0 Å². The number of hydrogen-bond donors (Lipinski definition) is 3. The molecule has 1 aliphatic carbocycles. The van der Waals surface area contributed by atoms with Crippen molar-refractivity contribution < 1.29 is 57.1 Å². The summed E-state index contributed by atoms with van der Waals surface area (Å²) >= 11 is 0. The molecule has 1 unspecified atom stereocenters. The van der Waals surface area contributed by atoms with Crippen LogP contribution in [0.2, 0.25) is 0 Å². The smallest absolute Gasteiger partial charge is 0.408 e. The van der Waals surface area contributed by atoms with Crippen LogP contribution in [-0.4, -0.2) is 82.6 Å². The molecule has 5 atom stereocenters. The number of carbonyl (C=O) groups is 4. The maximum absolute atomic E-state index is 14.1. The summed E-state index contributed by atoms with van der Waals surface area (Å²) in [5.74, 6) is -0.862. The molecule has 2 heterocycles. The normalized spacial score (nSPS) is 21.1. The first kappa shape index (κ1) is 36.2. The molecule has 2 aliphatic heterocycles. The Kier molecular flexibility index (Phi) is 10.2. The number of nitrogens with one attached hydrogen (secondary N) is 3. The molecule has 2 aromatic rings. The summed E-state index contributed by atoms with van der Waals surface area (Å²) in [5, 5.41) is 8.14. The van der Waals surface area contributed by atoms with E-state index >= 15 is 0 Å². The van der Waals surface area contributed by atoms with Gasteiger partial charge in [0.2, 0.25) is 18.4 Å². The third-order valence-corrected chi connectivity index (χ3v) is 8.39. The van der Waals surface area contributed by atoms with Gasteiger partial charge in [-0.25, -0.2) is 9.59 Å². The molecule has 0 spiro atoms. The van der Waals surface area contributed by atoms with E-state index in [0.717, 1.165) is 0 Å². The highest BCUT2D eigenvalue weighted by atomic mass is 16.7. The monoisotopic (exact) mass is 699 g/mol. The van der Waals surface area contributed by atoms with Crippen LogP contribution in [0.1, 0.15) is 70.2 Å². The van der Waals surface area contributed by atoms with E-state index in [0.29, 0.717) is 45.4 Å². The first-order chi connectivity index (χ1) is 23.5. The van der Waals surface area contributed by atoms with E-state index in [1.54, 1.807) is 65.8 Å². The van der Waals surface area contributed by atoms with Gasteiger partial charge >= 0.3 is 18.2 Å². The van der Waals surface area contributed by atoms with E-state index < -0.39 is 65.1 Å². The predicted octanol–water partition coefficient (Wildman–Crippen LogP) is 3.95. The molecular formula is C35H45N3O12. The van der Waals surface area contributed by atoms with Gasteiger partial charge in [0.25, 0.3) is 0 Å². The minimum absolute atomic E-state index is 0.00276. The topological polar surface area (TPSA) is 178 Å². The highest BCUT2D eigenvalue weighted by Gasteiger charge is 2.53. The van der Waals surface area contributed by atoms with Gasteiger partial charge in [0.15, 0.2) is 23.0 Å². The number of cyclic esters (lactones) is 1. The number of ether oxygens (including phenoxy) is 8. The molecule has 0 aromatic heterocycles. The summed E-state index contributed by atoms with van der Waals surface area (Å²) in [4.78, 5) is 53.1. The van der Waals surface area contributed by atoms with Gasteiger partial charge in [0, 0.05) is 11.8 Å². The molecule has 5 rings (SSSR count). The zero-order chi connectivity index (χ0) is 36.5. The lowest BCUT2D eigenvalue weighted by Gasteiger charge is -2.40. The third-order valence-electron chi connectivity index (χ3n) is 8.39. The second-order valence-corrected chi connectivity index (χ2v) is 14.2. The molecule has 0 saturated carbocycles. The van der Waals surface area contributed by atoms with Gasteiger partial charge in [0.05, 0.1) is 46.4 Å². The van der Waals surface area contributed by atoms with Crippen LogP contribution < -0.4 is 39.6 Å². The number of carbonyl (C=O) groups excluding carboxylic acids is 4. The minimum atomic E-state index is -1.29. The Balaban J connectivity index is 1.55. The average Bonchev–Trinajstić information content (AvgIpc) is 3.65. The zero-order valence-electron chi connectivity index (χ0n) is 29.7. The van der Waals surface area contributed by atoms with Crippen molar-refractivity contribution in [2.75, 3.05) is 41.3 Å². The third kappa shape index (κ3) is 7.71. The summed E-state index contributed by atoms with van der Waals surface area (Å²) in [5.41, 5.74) is 0.362. The second-order valence-electron chi connectivity index (χ2n) is 14.2. The maximum atomic E-state index is 14.1. The summed E-state index contributed by atoms with van der Waals surface area (Å²) in [7, 11) is 4.51. The molecule has 15 heteroatoms. The van der Waals surface area contributed by atoms with E-state index in [2.05, 4.69) is 16.0 Å². The first-order valence-corrected chi connectivity index (χ1v) is 16.2. The molecule has 15 nitrogen and oxygen atoms in total. The van der Waals surface area contributed by atoms with Crippen LogP contribution in [0.4, 0.5) is 9.59 Å². The van der Waals surface area contributed by atoms with Gasteiger partial charge in [-0.3, -0.25) is 9.59 Å². The van der Waals surface area contributed by atoms with Gasteiger partial charge in [-0.05, 0) is 82.5 Å². The molecule has 1 fully saturated rings. The Labute approximate surface area is 290 Å². The zero-order valence-corrected chi connectivity index (χ0v) is 29.7. The standard InChI is InChI=1S/C35H45N3O12/c1-34(2,3)49-32(41)36-14-21(37-33(42)50-35(4,5)6)30(39)38-28-19-13-23-22(47-16-48-23)12-18(19)26(27-20(28)15-46-31(27)40)17-10-24(43-7)29(45-9)25(11-17)44-8/h10-13,20-21,26-28H,14-16H2,1-9H3,(H,36,41)(H,37,42)(H,38,39)/t20-,21?,26+,27-,28+/m0/s1. The number of benzene rings is 2. The number of methoxy groups -OCH3 is 3. The Morgan fingerprint density at radius 1 is 0.820 bits per heavy atom. The molecule has 3 amide bonds. The van der Waals surface area contributed by atoms with Gasteiger partial charge < -0.3 is 53.8 Å². The second kappa shape index (κ2) is 14.0. The van der Waals surface area contributed by atoms with Crippen LogP contribution in [0.25, 0.3) is 0 Å². The Morgan fingerprint density at radius 3 is 1.96 bits per heavy atom. The van der Waals surface area contributed by atoms with Crippen molar-refractivity contribution in [2.24, 2.45) is 11.8 Å². The average molecular weight is 700 g/mol. The lowest BCUT2D eigenvalue weighted by molar-refractivity contribution is -0.141. The van der Waals surface area contributed by atoms with Crippen LogP contribution in [0.5, 0.6) is 28.7 Å². The number of esters is 1. The molecule has 3 N–H and O–H groups in total. The fourth-order valence-corrected chi connectivity index (χ4v) is 6.44. The molecule has 3 aliphatic rings. The van der Waals surface area contributed by atoms with Crippen molar-refractivity contribution >= 4 is 24.1 Å². The van der Waals surface area contributed by atoms with E-state index in [1.807, 2.05) is 0 Å². The maximum Gasteiger partial charge on any atom is 0.408 e. The van der Waals surface area contributed by atoms with Crippen molar-refractivity contribution in [2.45, 2.75) is 70.7 Å². The Hall–Kier alpha value is -5.08. The van der Waals surface area contributed by atoms with E-state index in [-0.39, 0.29) is 19.9 Å². The fraction of sp³-hybridized carbons (Fsp3) is 0.543. The molecule has 0 bridgehead atoms. The summed E-state index contributed by atoms with van der Waals surface area (Å²) in [6.45, 7) is 9.85. The van der Waals surface area contributed by atoms with Gasteiger partial charge in [0.1, 0.15) is 17.2 Å². The lowest BCUT2D eigenvalue weighted by atomic mass is 9.65. The SMILES string of the molecule is COc1cc([C@@H]2c3cc4c(cc3[C@@H](NC(=O)C(CNC(=O)OC(C)(C)C)NC(=O)OC(C)(C)C)[C@H]3COC(=O)[C@H]23)OCO4)cc(OC)c1OC. The number of alkyl carbamates (subject to hydrolysis) is 2. The Morgan fingerprint density at radius 2 is 1.40 bits per heavy atom. The summed E-state index contributed by atoms with van der Waals surface area (Å²) in [6.07, 6.45) is -1.64. The Bertz CT molecular complexity index is 1620. The van der Waals surface area contributed by atoms with Gasteiger partial charge in [-0.1, -0.05) is 0 Å². The summed E-state index contributed by atoms with van der Waals surface area (Å²) < 4.78 is 44.6. The minimum Gasteiger partial charge on any atom is -0.493 e. The fourth-order valence-electron chi connectivity index (χ4n) is 6.44. The summed E-state index contributed by atoms with van der Waals surface area (Å²) in [6, 6.07) is 5.07. The quantitative estimate of drug-likeness (QED) is 0.254. The molecule has 2 aromatic carbocycles. The molecular weight excluding hydrogens is 654 g/mol. The van der Waals surface area contributed by atoms with Crippen LogP contribution in [-0.2, 0) is 23.8 Å². The number of amides is 3. The highest BCUT2D eigenvalue weighted by Crippen LogP contribution is 2.55. The van der Waals surface area contributed by atoms with Crippen molar-refractivity contribution in [3.63, 3.8) is 0 Å². The molecule has 1 saturated heterocycles. The van der Waals surface area contributed by atoms with Crippen molar-refractivity contribution in [3.05, 3.63) is 41.0 Å². The van der Waals surface area contributed by atoms with E-state index in [1.165, 1.54) is 21.3 Å². The number of rotatable bonds is 9. The molecule has 50 heavy (non-hydrogen) atoms. The largest absolute Gasteiger partial charge is 0.493 e. The van der Waals surface area contributed by atoms with E-state index in [9.17, 15) is 19.2 Å². The van der Waals surface area contributed by atoms with Crippen LogP contribution in [0, 0.1) is 11.8 Å². The molecule has 0 radical (unpaired) electrons. The van der Waals surface area contributed by atoms with Crippen LogP contribution >= 0.6 is 0 Å². The number of hydrogen-bond acceptors (Lipinski definition) is 12. The lowest BCUT2D eigenvalue weighted by Crippen LogP contribution is -2.55. The van der Waals surface area contributed by atoms with Crippen LogP contribution in [0.15, 0.2) is 24.3 Å². The number of fused-ring (bicyclic) bond motifs is 3. The van der Waals surface area contributed by atoms with Gasteiger partial charge in [-0.2, -0.15) is 0 Å². The first-order valence-electron chi connectivity index (χ1n) is 16.2.